The number of aromatic nitrogens is 2. The van der Waals surface area contributed by atoms with Crippen LogP contribution in [0.4, 0.5) is 0 Å². The zero-order chi connectivity index (χ0) is 15.4. The van der Waals surface area contributed by atoms with Crippen molar-refractivity contribution in [2.24, 2.45) is 0 Å². The van der Waals surface area contributed by atoms with Crippen molar-refractivity contribution >= 4 is 27.5 Å². The second kappa shape index (κ2) is 6.82. The topological polar surface area (TPSA) is 92.4 Å². The Morgan fingerprint density at radius 2 is 2.05 bits per heavy atom. The summed E-state index contributed by atoms with van der Waals surface area (Å²) < 4.78 is 1.53. The van der Waals surface area contributed by atoms with Crippen LogP contribution >= 0.6 is 11.3 Å². The van der Waals surface area contributed by atoms with Gasteiger partial charge < -0.3 is 10.2 Å². The molecule has 0 bridgehead atoms. The summed E-state index contributed by atoms with van der Waals surface area (Å²) >= 11 is 1.04. The number of carbonyl (C=O) groups is 1. The Balaban J connectivity index is 2.23. The quantitative estimate of drug-likeness (QED) is 0.763. The first-order chi connectivity index (χ1) is 10.1. The third-order valence-electron chi connectivity index (χ3n) is 3.42. The third-order valence-corrected chi connectivity index (χ3v) is 4.61. The van der Waals surface area contributed by atoms with Crippen molar-refractivity contribution in [3.05, 3.63) is 27.1 Å². The summed E-state index contributed by atoms with van der Waals surface area (Å²) in [6.07, 6.45) is 4.97. The summed E-state index contributed by atoms with van der Waals surface area (Å²) in [6.45, 7) is 2.40. The maximum Gasteiger partial charge on any atom is 0.346 e. The fourth-order valence-electron chi connectivity index (χ4n) is 2.27. The summed E-state index contributed by atoms with van der Waals surface area (Å²) in [7, 11) is 0. The molecule has 0 aliphatic carbocycles. The lowest BCUT2D eigenvalue weighted by atomic mass is 10.2. The number of fused-ring (bicyclic) bond motifs is 1. The zero-order valence-corrected chi connectivity index (χ0v) is 12.7. The van der Waals surface area contributed by atoms with Crippen molar-refractivity contribution in [2.75, 3.05) is 6.61 Å². The van der Waals surface area contributed by atoms with Crippen molar-refractivity contribution in [3.8, 4) is 0 Å². The van der Waals surface area contributed by atoms with Crippen LogP contribution in [0.2, 0.25) is 0 Å². The maximum absolute atomic E-state index is 12.4. The van der Waals surface area contributed by atoms with E-state index >= 15 is 0 Å². The molecule has 0 spiro atoms. The van der Waals surface area contributed by atoms with Gasteiger partial charge in [0.2, 0.25) is 0 Å². The van der Waals surface area contributed by atoms with Crippen molar-refractivity contribution in [1.82, 2.24) is 9.55 Å². The first-order valence-corrected chi connectivity index (χ1v) is 7.70. The van der Waals surface area contributed by atoms with Gasteiger partial charge in [-0.15, -0.1) is 11.3 Å². The van der Waals surface area contributed by atoms with Gasteiger partial charge in [0.25, 0.3) is 5.56 Å². The lowest BCUT2D eigenvalue weighted by molar-refractivity contribution is 0.0701. The van der Waals surface area contributed by atoms with Crippen molar-refractivity contribution in [3.63, 3.8) is 0 Å². The molecule has 2 aromatic rings. The van der Waals surface area contributed by atoms with E-state index in [1.165, 1.54) is 10.9 Å². The number of aliphatic hydroxyl groups excluding tert-OH is 1. The number of carboxylic acids is 1. The number of hydrogen-bond donors (Lipinski definition) is 2. The highest BCUT2D eigenvalue weighted by atomic mass is 32.1. The minimum Gasteiger partial charge on any atom is -0.477 e. The van der Waals surface area contributed by atoms with Gasteiger partial charge in [-0.1, -0.05) is 12.8 Å². The SMILES string of the molecule is Cc1c(C(=O)O)sc2ncn(CCCCCCO)c(=O)c12. The summed E-state index contributed by atoms with van der Waals surface area (Å²) in [5.74, 6) is -1.02. The van der Waals surface area contributed by atoms with Crippen LogP contribution in [0, 0.1) is 6.92 Å². The van der Waals surface area contributed by atoms with Crippen molar-refractivity contribution in [2.45, 2.75) is 39.2 Å². The zero-order valence-electron chi connectivity index (χ0n) is 11.8. The van der Waals surface area contributed by atoms with E-state index in [0.717, 1.165) is 37.0 Å². The van der Waals surface area contributed by atoms with Crippen molar-refractivity contribution in [1.29, 1.82) is 0 Å². The molecule has 2 N–H and O–H groups in total. The molecule has 7 heteroatoms. The smallest absolute Gasteiger partial charge is 0.346 e. The first-order valence-electron chi connectivity index (χ1n) is 6.89. The minimum atomic E-state index is -1.02. The number of thiophene rings is 1. The standard InChI is InChI=1S/C14H18N2O4S/c1-9-10-12(21-11(9)14(19)20)15-8-16(13(10)18)6-4-2-3-5-7-17/h8,17H,2-7H2,1H3,(H,19,20). The molecule has 0 unspecified atom stereocenters. The molecule has 114 valence electrons. The number of carboxylic acid groups (broad SMARTS) is 1. The molecule has 2 heterocycles. The number of hydrogen-bond acceptors (Lipinski definition) is 5. The Morgan fingerprint density at radius 1 is 1.33 bits per heavy atom. The molecule has 2 rings (SSSR count). The van der Waals surface area contributed by atoms with Crippen LogP contribution in [0.1, 0.15) is 40.9 Å². The monoisotopic (exact) mass is 310 g/mol. The Morgan fingerprint density at radius 3 is 2.71 bits per heavy atom. The largest absolute Gasteiger partial charge is 0.477 e. The molecule has 6 nitrogen and oxygen atoms in total. The molecule has 0 radical (unpaired) electrons. The van der Waals surface area contributed by atoms with Gasteiger partial charge >= 0.3 is 5.97 Å². The Kier molecular flexibility index (Phi) is 5.08. The molecule has 0 atom stereocenters. The molecule has 21 heavy (non-hydrogen) atoms. The Hall–Kier alpha value is -1.73. The van der Waals surface area contributed by atoms with E-state index in [0.29, 0.717) is 22.3 Å². The van der Waals surface area contributed by atoms with Crippen molar-refractivity contribution < 1.29 is 15.0 Å². The maximum atomic E-state index is 12.4. The molecule has 0 saturated heterocycles. The molecule has 0 aliphatic rings. The van der Waals surface area contributed by atoms with Gasteiger partial charge in [0.1, 0.15) is 9.71 Å². The molecule has 0 saturated carbocycles. The van der Waals surface area contributed by atoms with Crippen LogP contribution in [0.5, 0.6) is 0 Å². The van der Waals surface area contributed by atoms with Gasteiger partial charge in [0.15, 0.2) is 0 Å². The molecular weight excluding hydrogens is 292 g/mol. The highest BCUT2D eigenvalue weighted by Gasteiger charge is 2.18. The normalized spacial score (nSPS) is 11.1. The van der Waals surface area contributed by atoms with Gasteiger partial charge in [-0.3, -0.25) is 9.36 Å². The van der Waals surface area contributed by atoms with Crippen LogP contribution in [0.15, 0.2) is 11.1 Å². The van der Waals surface area contributed by atoms with Gasteiger partial charge in [-0.2, -0.15) is 0 Å². The predicted octanol–water partition coefficient (Wildman–Crippen LogP) is 2.02. The van der Waals surface area contributed by atoms with Gasteiger partial charge in [0.05, 0.1) is 11.7 Å². The number of aliphatic hydroxyl groups is 1. The predicted molar refractivity (Wildman–Crippen MR) is 81.1 cm³/mol. The fraction of sp³-hybridized carbons (Fsp3) is 0.500. The van der Waals surface area contributed by atoms with Gasteiger partial charge in [-0.25, -0.2) is 9.78 Å². The summed E-state index contributed by atoms with van der Waals surface area (Å²) in [4.78, 5) is 28.4. The third kappa shape index (κ3) is 3.30. The number of unbranched alkanes of at least 4 members (excludes halogenated alkanes) is 3. The van der Waals surface area contributed by atoms with Gasteiger partial charge in [-0.05, 0) is 25.3 Å². The second-order valence-corrected chi connectivity index (χ2v) is 5.92. The van der Waals surface area contributed by atoms with Crippen LogP contribution in [-0.2, 0) is 6.54 Å². The van der Waals surface area contributed by atoms with E-state index in [2.05, 4.69) is 4.98 Å². The average molecular weight is 310 g/mol. The highest BCUT2D eigenvalue weighted by Crippen LogP contribution is 2.26. The molecular formula is C14H18N2O4S. The summed E-state index contributed by atoms with van der Waals surface area (Å²) in [5, 5.41) is 18.2. The minimum absolute atomic E-state index is 0.176. The van der Waals surface area contributed by atoms with Crippen LogP contribution in [0.25, 0.3) is 10.2 Å². The highest BCUT2D eigenvalue weighted by molar-refractivity contribution is 7.20. The molecule has 0 fully saturated rings. The average Bonchev–Trinajstić information content (AvgIpc) is 2.79. The van der Waals surface area contributed by atoms with E-state index in [-0.39, 0.29) is 17.0 Å². The molecule has 2 aromatic heterocycles. The number of nitrogens with zero attached hydrogens (tertiary/aromatic N) is 2. The van der Waals surface area contributed by atoms with E-state index < -0.39 is 5.97 Å². The lowest BCUT2D eigenvalue weighted by Crippen LogP contribution is -2.20. The fourth-order valence-corrected chi connectivity index (χ4v) is 3.25. The van der Waals surface area contributed by atoms with Crippen LogP contribution in [0.3, 0.4) is 0 Å². The van der Waals surface area contributed by atoms with Crippen LogP contribution in [-0.4, -0.2) is 32.3 Å². The van der Waals surface area contributed by atoms with E-state index in [1.807, 2.05) is 0 Å². The Bertz CT molecular complexity index is 705. The summed E-state index contributed by atoms with van der Waals surface area (Å²) in [5.41, 5.74) is 0.318. The van der Waals surface area contributed by atoms with Gasteiger partial charge in [0, 0.05) is 13.2 Å². The number of aromatic carboxylic acids is 1. The summed E-state index contributed by atoms with van der Waals surface area (Å²) in [6, 6.07) is 0. The molecule has 0 aliphatic heterocycles. The Labute approximate surface area is 125 Å². The van der Waals surface area contributed by atoms with Crippen LogP contribution < -0.4 is 5.56 Å². The molecule has 0 amide bonds. The van der Waals surface area contributed by atoms with E-state index in [1.54, 1.807) is 6.92 Å². The lowest BCUT2D eigenvalue weighted by Gasteiger charge is -2.05. The number of rotatable bonds is 7. The number of aryl methyl sites for hydroxylation is 2. The van der Waals surface area contributed by atoms with E-state index in [9.17, 15) is 9.59 Å². The first kappa shape index (κ1) is 15.7. The molecule has 0 aromatic carbocycles. The second-order valence-electron chi connectivity index (χ2n) is 4.92. The van der Waals surface area contributed by atoms with E-state index in [4.69, 9.17) is 10.2 Å².